The van der Waals surface area contributed by atoms with Crippen LogP contribution in [0.15, 0.2) is 27.6 Å². The summed E-state index contributed by atoms with van der Waals surface area (Å²) in [5, 5.41) is 24.5. The van der Waals surface area contributed by atoms with E-state index < -0.39 is 11.2 Å². The zero-order valence-corrected chi connectivity index (χ0v) is 20.8. The van der Waals surface area contributed by atoms with Crippen molar-refractivity contribution >= 4 is 0 Å². The Bertz CT molecular complexity index is 992. The van der Waals surface area contributed by atoms with E-state index >= 15 is 0 Å². The molecule has 4 N–H and O–H groups in total. The second-order valence-corrected chi connectivity index (χ2v) is 13.0. The Labute approximate surface area is 202 Å². The third kappa shape index (κ3) is 3.04. The molecule has 1 aliphatic heterocycles. The summed E-state index contributed by atoms with van der Waals surface area (Å²) in [4.78, 5) is 14.1. The van der Waals surface area contributed by atoms with Gasteiger partial charge < -0.3 is 20.4 Å². The summed E-state index contributed by atoms with van der Waals surface area (Å²) in [5.74, 6) is 0.763. The van der Waals surface area contributed by atoms with Gasteiger partial charge in [-0.05, 0) is 99.0 Å². The maximum absolute atomic E-state index is 12.4. The Hall–Kier alpha value is -1.21. The SMILES string of the molecule is C[C@]12CC[C@H](N3CCC(N)C3)C[C@@]1(O)CC[C@@H]1[C@@H]2CC[C@]2(C)[C@@H](c3ccc(=O)oc3)CC[C@]12O. The zero-order chi connectivity index (χ0) is 23.9. The van der Waals surface area contributed by atoms with E-state index in [1.54, 1.807) is 6.26 Å². The van der Waals surface area contributed by atoms with Crippen molar-refractivity contribution < 1.29 is 14.6 Å². The number of hydrogen-bond acceptors (Lipinski definition) is 6. The first-order valence-electron chi connectivity index (χ1n) is 13.6. The Morgan fingerprint density at radius 1 is 0.971 bits per heavy atom. The second-order valence-electron chi connectivity index (χ2n) is 13.0. The van der Waals surface area contributed by atoms with E-state index in [2.05, 4.69) is 18.7 Å². The lowest BCUT2D eigenvalue weighted by molar-refractivity contribution is -0.250. The summed E-state index contributed by atoms with van der Waals surface area (Å²) < 4.78 is 5.21. The molecule has 6 nitrogen and oxygen atoms in total. The average Bonchev–Trinajstić information content (AvgIpc) is 3.35. The van der Waals surface area contributed by atoms with Gasteiger partial charge in [0.25, 0.3) is 0 Å². The molecule has 1 aromatic heterocycles. The fourth-order valence-electron chi connectivity index (χ4n) is 9.76. The minimum absolute atomic E-state index is 0.150. The van der Waals surface area contributed by atoms with Gasteiger partial charge in [-0.3, -0.25) is 4.90 Å². The van der Waals surface area contributed by atoms with E-state index in [4.69, 9.17) is 10.2 Å². The Kier molecular flexibility index (Phi) is 5.22. The molecule has 0 spiro atoms. The van der Waals surface area contributed by atoms with Crippen LogP contribution in [0.1, 0.15) is 89.5 Å². The van der Waals surface area contributed by atoms with E-state index in [0.29, 0.717) is 12.0 Å². The number of aliphatic hydroxyl groups is 2. The first-order chi connectivity index (χ1) is 16.1. The summed E-state index contributed by atoms with van der Waals surface area (Å²) in [6, 6.07) is 4.11. The van der Waals surface area contributed by atoms with Gasteiger partial charge in [0.2, 0.25) is 0 Å². The topological polar surface area (TPSA) is 99.9 Å². The van der Waals surface area contributed by atoms with Crippen LogP contribution in [0.4, 0.5) is 0 Å². The van der Waals surface area contributed by atoms with Crippen LogP contribution in [0.25, 0.3) is 0 Å². The molecule has 4 aliphatic carbocycles. The van der Waals surface area contributed by atoms with Crippen LogP contribution in [0.2, 0.25) is 0 Å². The van der Waals surface area contributed by atoms with Gasteiger partial charge in [0.15, 0.2) is 0 Å². The zero-order valence-electron chi connectivity index (χ0n) is 20.8. The van der Waals surface area contributed by atoms with Gasteiger partial charge in [0.05, 0.1) is 17.5 Å². The molecule has 6 rings (SSSR count). The quantitative estimate of drug-likeness (QED) is 0.613. The molecule has 0 bridgehead atoms. The second kappa shape index (κ2) is 7.64. The molecule has 0 radical (unpaired) electrons. The number of fused-ring (bicyclic) bond motifs is 5. The largest absolute Gasteiger partial charge is 0.431 e. The highest BCUT2D eigenvalue weighted by Gasteiger charge is 2.70. The van der Waals surface area contributed by atoms with Crippen LogP contribution >= 0.6 is 0 Å². The first-order valence-corrected chi connectivity index (χ1v) is 13.6. The van der Waals surface area contributed by atoms with Crippen LogP contribution in [-0.4, -0.2) is 51.5 Å². The smallest absolute Gasteiger partial charge is 0.335 e. The van der Waals surface area contributed by atoms with Crippen molar-refractivity contribution in [3.05, 3.63) is 34.4 Å². The summed E-state index contributed by atoms with van der Waals surface area (Å²) >= 11 is 0. The van der Waals surface area contributed by atoms with E-state index in [-0.39, 0.29) is 34.3 Å². The minimum atomic E-state index is -0.736. The van der Waals surface area contributed by atoms with Gasteiger partial charge in [-0.25, -0.2) is 4.79 Å². The first kappa shape index (κ1) is 23.2. The highest BCUT2D eigenvalue weighted by molar-refractivity contribution is 5.28. The molecule has 5 fully saturated rings. The molecular formula is C28H42N2O4. The Morgan fingerprint density at radius 3 is 2.44 bits per heavy atom. The number of rotatable bonds is 2. The lowest BCUT2D eigenvalue weighted by atomic mass is 9.41. The van der Waals surface area contributed by atoms with Gasteiger partial charge in [0.1, 0.15) is 0 Å². The van der Waals surface area contributed by atoms with E-state index in [9.17, 15) is 15.0 Å². The Morgan fingerprint density at radius 2 is 1.74 bits per heavy atom. The summed E-state index contributed by atoms with van der Waals surface area (Å²) in [5.41, 5.74) is 5.13. The highest BCUT2D eigenvalue weighted by atomic mass is 16.4. The summed E-state index contributed by atoms with van der Waals surface area (Å²) in [6.07, 6.45) is 11.1. The fourth-order valence-corrected chi connectivity index (χ4v) is 9.76. The van der Waals surface area contributed by atoms with Crippen molar-refractivity contribution in [2.45, 2.75) is 107 Å². The van der Waals surface area contributed by atoms with Gasteiger partial charge in [-0.2, -0.15) is 0 Å². The normalized spacial score (nSPS) is 51.0. The van der Waals surface area contributed by atoms with Crippen LogP contribution < -0.4 is 11.4 Å². The average molecular weight is 471 g/mol. The number of hydrogen-bond donors (Lipinski definition) is 3. The number of likely N-dealkylation sites (tertiary alicyclic amines) is 1. The third-order valence-electron chi connectivity index (χ3n) is 11.9. The Balaban J connectivity index is 1.27. The molecule has 2 heterocycles. The molecular weight excluding hydrogens is 428 g/mol. The summed E-state index contributed by atoms with van der Waals surface area (Å²) in [7, 11) is 0. The molecule has 5 aliphatic rings. The molecule has 9 atom stereocenters. The third-order valence-corrected chi connectivity index (χ3v) is 11.9. The molecule has 1 saturated heterocycles. The number of nitrogens with two attached hydrogens (primary N) is 1. The maximum Gasteiger partial charge on any atom is 0.335 e. The van der Waals surface area contributed by atoms with Crippen molar-refractivity contribution in [1.29, 1.82) is 0 Å². The van der Waals surface area contributed by atoms with Gasteiger partial charge in [-0.1, -0.05) is 13.8 Å². The molecule has 0 amide bonds. The van der Waals surface area contributed by atoms with Gasteiger partial charge >= 0.3 is 5.63 Å². The monoisotopic (exact) mass is 470 g/mol. The maximum atomic E-state index is 12.4. The molecule has 188 valence electrons. The van der Waals surface area contributed by atoms with E-state index in [1.807, 2.05) is 6.07 Å². The van der Waals surface area contributed by atoms with Crippen LogP contribution in [0, 0.1) is 22.7 Å². The van der Waals surface area contributed by atoms with Crippen molar-refractivity contribution in [2.75, 3.05) is 13.1 Å². The molecule has 0 aromatic carbocycles. The number of nitrogens with zero attached hydrogens (tertiary/aromatic N) is 1. The lowest BCUT2D eigenvalue weighted by Crippen LogP contribution is -2.67. The molecule has 1 aromatic rings. The minimum Gasteiger partial charge on any atom is -0.431 e. The van der Waals surface area contributed by atoms with Crippen molar-refractivity contribution in [1.82, 2.24) is 4.90 Å². The predicted octanol–water partition coefficient (Wildman–Crippen LogP) is 3.40. The predicted molar refractivity (Wildman–Crippen MR) is 130 cm³/mol. The standard InChI is InChI=1S/C28H42N2O4/c1-25-10-5-20(30-14-9-19(29)16-30)15-27(25,32)12-7-23-22(25)6-11-26(2)21(8-13-28(23,26)33)18-3-4-24(31)34-17-18/h3-4,17,19-23,32-33H,5-16,29H2,1-2H3/t19?,20-,21+,22-,23+,25+,26+,27-,28-/m0/s1. The van der Waals surface area contributed by atoms with Gasteiger partial charge in [-0.15, -0.1) is 0 Å². The molecule has 1 unspecified atom stereocenters. The van der Waals surface area contributed by atoms with E-state index in [0.717, 1.165) is 82.9 Å². The van der Waals surface area contributed by atoms with Crippen LogP contribution in [-0.2, 0) is 0 Å². The van der Waals surface area contributed by atoms with Crippen LogP contribution in [0.5, 0.6) is 0 Å². The van der Waals surface area contributed by atoms with Crippen molar-refractivity contribution in [3.8, 4) is 0 Å². The van der Waals surface area contributed by atoms with E-state index in [1.165, 1.54) is 6.07 Å². The van der Waals surface area contributed by atoms with Gasteiger partial charge in [0, 0.05) is 36.7 Å². The van der Waals surface area contributed by atoms with Crippen LogP contribution in [0.3, 0.4) is 0 Å². The van der Waals surface area contributed by atoms with Crippen molar-refractivity contribution in [2.24, 2.45) is 28.4 Å². The lowest BCUT2D eigenvalue weighted by Gasteiger charge is -2.66. The molecule has 6 heteroatoms. The highest BCUT2D eigenvalue weighted by Crippen LogP contribution is 2.71. The fraction of sp³-hybridized carbons (Fsp3) is 0.821. The van der Waals surface area contributed by atoms with Crippen molar-refractivity contribution in [3.63, 3.8) is 0 Å². The molecule has 4 saturated carbocycles. The molecule has 34 heavy (non-hydrogen) atoms. The summed E-state index contributed by atoms with van der Waals surface area (Å²) in [6.45, 7) is 6.62.